The van der Waals surface area contributed by atoms with E-state index in [1.807, 2.05) is 0 Å². The summed E-state index contributed by atoms with van der Waals surface area (Å²) in [6.45, 7) is 3.96. The first kappa shape index (κ1) is 19.1. The number of piperidine rings is 1. The van der Waals surface area contributed by atoms with Crippen LogP contribution in [-0.4, -0.2) is 70.3 Å². The lowest BCUT2D eigenvalue weighted by atomic mass is 9.80. The third-order valence-corrected chi connectivity index (χ3v) is 7.41. The normalized spacial score (nSPS) is 32.9. The molecule has 156 valence electrons. The lowest BCUT2D eigenvalue weighted by Gasteiger charge is -2.51. The van der Waals surface area contributed by atoms with Gasteiger partial charge in [0, 0.05) is 48.2 Å². The molecule has 29 heavy (non-hydrogen) atoms. The first-order valence-corrected chi connectivity index (χ1v) is 11.0. The number of hydrogen-bond donors (Lipinski definition) is 2. The predicted octanol–water partition coefficient (Wildman–Crippen LogP) is 2.62. The Morgan fingerprint density at radius 2 is 2.14 bits per heavy atom. The van der Waals surface area contributed by atoms with Crippen molar-refractivity contribution in [1.29, 1.82) is 0 Å². The Labute approximate surface area is 171 Å². The molecule has 3 aliphatic rings. The quantitative estimate of drug-likeness (QED) is 0.780. The summed E-state index contributed by atoms with van der Waals surface area (Å²) < 4.78 is 5.24. The standard InChI is InChI=1S/C23H31N3O3/c1-3-14-10-15(25-9-8-16(27)13-25)11-20-22-18(12-21(26(14)20)23(28)29-2)17-6-4-5-7-19(17)24-22/h4-7,14-16,20-21,24,27H,3,8-13H2,1-2H3/t14-,15+,16-,20-,21+/m1/s1. The molecular formula is C23H31N3O3. The number of β-amino-alcohol motifs (C(OH)–C–C–N with tert-alkyl or cyclic N) is 1. The second kappa shape index (κ2) is 7.42. The van der Waals surface area contributed by atoms with Crippen molar-refractivity contribution in [3.63, 3.8) is 0 Å². The molecule has 6 heteroatoms. The summed E-state index contributed by atoms with van der Waals surface area (Å²) in [7, 11) is 1.50. The molecule has 0 aliphatic carbocycles. The second-order valence-corrected chi connectivity index (χ2v) is 8.89. The molecule has 0 bridgehead atoms. The van der Waals surface area contributed by atoms with Crippen molar-refractivity contribution in [2.45, 2.75) is 69.3 Å². The Hall–Kier alpha value is -1.89. The minimum atomic E-state index is -0.230. The maximum atomic E-state index is 12.8. The Morgan fingerprint density at radius 1 is 1.31 bits per heavy atom. The first-order valence-electron chi connectivity index (χ1n) is 11.0. The summed E-state index contributed by atoms with van der Waals surface area (Å²) >= 11 is 0. The van der Waals surface area contributed by atoms with Gasteiger partial charge in [-0.25, -0.2) is 0 Å². The summed E-state index contributed by atoms with van der Waals surface area (Å²) in [4.78, 5) is 21.4. The number of nitrogens with zero attached hydrogens (tertiary/aromatic N) is 2. The van der Waals surface area contributed by atoms with Gasteiger partial charge in [-0.3, -0.25) is 14.6 Å². The number of ether oxygens (including phenoxy) is 1. The van der Waals surface area contributed by atoms with Crippen molar-refractivity contribution >= 4 is 16.9 Å². The molecule has 6 nitrogen and oxygen atoms in total. The number of carbonyl (C=O) groups excluding carboxylic acids is 1. The third kappa shape index (κ3) is 3.09. The number of fused-ring (bicyclic) bond motifs is 5. The van der Waals surface area contributed by atoms with E-state index in [-0.39, 0.29) is 24.2 Å². The molecule has 5 atom stereocenters. The van der Waals surface area contributed by atoms with Gasteiger partial charge >= 0.3 is 5.97 Å². The zero-order valence-electron chi connectivity index (χ0n) is 17.3. The summed E-state index contributed by atoms with van der Waals surface area (Å²) in [5, 5.41) is 11.3. The van der Waals surface area contributed by atoms with E-state index in [0.717, 1.165) is 44.3 Å². The van der Waals surface area contributed by atoms with Gasteiger partial charge in [0.1, 0.15) is 6.04 Å². The smallest absolute Gasteiger partial charge is 0.323 e. The topological polar surface area (TPSA) is 68.8 Å². The van der Waals surface area contributed by atoms with E-state index in [2.05, 4.69) is 46.0 Å². The molecule has 0 amide bonds. The van der Waals surface area contributed by atoms with Crippen molar-refractivity contribution < 1.29 is 14.6 Å². The molecular weight excluding hydrogens is 366 g/mol. The Bertz CT molecular complexity index is 910. The number of rotatable bonds is 3. The van der Waals surface area contributed by atoms with Crippen LogP contribution in [0.4, 0.5) is 0 Å². The van der Waals surface area contributed by atoms with E-state index >= 15 is 0 Å². The number of aliphatic hydroxyl groups is 1. The van der Waals surface area contributed by atoms with Crippen molar-refractivity contribution in [3.8, 4) is 0 Å². The third-order valence-electron chi connectivity index (χ3n) is 7.41. The highest BCUT2D eigenvalue weighted by atomic mass is 16.5. The molecule has 0 unspecified atom stereocenters. The van der Waals surface area contributed by atoms with Crippen molar-refractivity contribution in [2.24, 2.45) is 0 Å². The monoisotopic (exact) mass is 397 g/mol. The highest BCUT2D eigenvalue weighted by molar-refractivity contribution is 5.87. The SMILES string of the molecule is CC[C@@H]1C[C@H](N2CC[C@@H](O)C2)C[C@@H]2c3[nH]c4ccccc4c3C[C@@H](C(=O)OC)N12. The molecule has 5 rings (SSSR count). The fourth-order valence-corrected chi connectivity index (χ4v) is 6.04. The number of benzene rings is 1. The summed E-state index contributed by atoms with van der Waals surface area (Å²) in [6, 6.07) is 9.13. The number of likely N-dealkylation sites (tertiary alicyclic amines) is 1. The molecule has 0 spiro atoms. The molecule has 2 fully saturated rings. The fraction of sp³-hybridized carbons (Fsp3) is 0.609. The zero-order chi connectivity index (χ0) is 20.1. The number of esters is 1. The Morgan fingerprint density at radius 3 is 2.86 bits per heavy atom. The maximum absolute atomic E-state index is 12.8. The molecule has 2 saturated heterocycles. The van der Waals surface area contributed by atoms with Crippen LogP contribution in [0.2, 0.25) is 0 Å². The molecule has 1 aromatic heterocycles. The van der Waals surface area contributed by atoms with Gasteiger partial charge in [-0.15, -0.1) is 0 Å². The second-order valence-electron chi connectivity index (χ2n) is 8.89. The molecule has 1 aromatic carbocycles. The minimum absolute atomic E-state index is 0.126. The highest BCUT2D eigenvalue weighted by Gasteiger charge is 2.48. The molecule has 4 heterocycles. The molecule has 0 radical (unpaired) electrons. The van der Waals surface area contributed by atoms with Crippen molar-refractivity contribution in [2.75, 3.05) is 20.2 Å². The van der Waals surface area contributed by atoms with Crippen LogP contribution in [0.3, 0.4) is 0 Å². The van der Waals surface area contributed by atoms with Gasteiger partial charge in [-0.1, -0.05) is 25.1 Å². The predicted molar refractivity (Wildman–Crippen MR) is 112 cm³/mol. The van der Waals surface area contributed by atoms with E-state index < -0.39 is 0 Å². The Balaban J connectivity index is 1.58. The van der Waals surface area contributed by atoms with E-state index in [4.69, 9.17) is 4.74 Å². The number of H-pyrrole nitrogens is 1. The van der Waals surface area contributed by atoms with Crippen LogP contribution in [0.25, 0.3) is 10.9 Å². The van der Waals surface area contributed by atoms with E-state index in [1.165, 1.54) is 23.8 Å². The van der Waals surface area contributed by atoms with Crippen LogP contribution in [0, 0.1) is 0 Å². The summed E-state index contributed by atoms with van der Waals surface area (Å²) in [5.41, 5.74) is 3.69. The summed E-state index contributed by atoms with van der Waals surface area (Å²) in [6.07, 6.45) is 4.40. The molecule has 0 saturated carbocycles. The van der Waals surface area contributed by atoms with Crippen LogP contribution in [0.5, 0.6) is 0 Å². The number of para-hydroxylation sites is 1. The lowest BCUT2D eigenvalue weighted by Crippen LogP contribution is -2.59. The number of aliphatic hydroxyl groups excluding tert-OH is 1. The van der Waals surface area contributed by atoms with E-state index in [0.29, 0.717) is 18.5 Å². The average molecular weight is 398 g/mol. The molecule has 3 aliphatic heterocycles. The number of carbonyl (C=O) groups is 1. The van der Waals surface area contributed by atoms with Gasteiger partial charge in [0.2, 0.25) is 0 Å². The van der Waals surface area contributed by atoms with Crippen LogP contribution in [0.1, 0.15) is 49.9 Å². The van der Waals surface area contributed by atoms with Gasteiger partial charge in [0.05, 0.1) is 19.3 Å². The number of hydrogen-bond acceptors (Lipinski definition) is 5. The van der Waals surface area contributed by atoms with E-state index in [1.54, 1.807) is 0 Å². The number of nitrogens with one attached hydrogen (secondary N) is 1. The van der Waals surface area contributed by atoms with Crippen LogP contribution >= 0.6 is 0 Å². The number of aromatic amines is 1. The largest absolute Gasteiger partial charge is 0.468 e. The van der Waals surface area contributed by atoms with Crippen LogP contribution < -0.4 is 0 Å². The van der Waals surface area contributed by atoms with Gasteiger partial charge in [0.15, 0.2) is 0 Å². The van der Waals surface area contributed by atoms with E-state index in [9.17, 15) is 9.90 Å². The first-order chi connectivity index (χ1) is 14.1. The van der Waals surface area contributed by atoms with Crippen molar-refractivity contribution in [3.05, 3.63) is 35.5 Å². The molecule has 2 aromatic rings. The summed E-state index contributed by atoms with van der Waals surface area (Å²) in [5.74, 6) is -0.126. The van der Waals surface area contributed by atoms with Gasteiger partial charge < -0.3 is 14.8 Å². The fourth-order valence-electron chi connectivity index (χ4n) is 6.04. The van der Waals surface area contributed by atoms with Gasteiger partial charge in [-0.2, -0.15) is 0 Å². The van der Waals surface area contributed by atoms with Crippen molar-refractivity contribution in [1.82, 2.24) is 14.8 Å². The van der Waals surface area contributed by atoms with Gasteiger partial charge in [-0.05, 0) is 37.3 Å². The number of aromatic nitrogens is 1. The van der Waals surface area contributed by atoms with Gasteiger partial charge in [0.25, 0.3) is 0 Å². The highest BCUT2D eigenvalue weighted by Crippen LogP contribution is 2.46. The average Bonchev–Trinajstić information content (AvgIpc) is 3.35. The Kier molecular flexibility index (Phi) is 4.88. The maximum Gasteiger partial charge on any atom is 0.323 e. The minimum Gasteiger partial charge on any atom is -0.468 e. The molecule has 2 N–H and O–H groups in total. The lowest BCUT2D eigenvalue weighted by molar-refractivity contribution is -0.152. The number of methoxy groups -OCH3 is 1. The zero-order valence-corrected chi connectivity index (χ0v) is 17.3. The van der Waals surface area contributed by atoms with Crippen LogP contribution in [-0.2, 0) is 16.0 Å². The van der Waals surface area contributed by atoms with Crippen LogP contribution in [0.15, 0.2) is 24.3 Å².